The standard InChI is InChI=1S/C48H72O10/c1-9-29(5)47(53)57-41-21-27(3)19-33-13-11-31(7)39(45(33)41)17-15-35(49)23-36(50)24-43(51)56-38-25-37(55-44(52)26-38)16-18-40-32(8)12-14-34-20-28(4)22-42(46(34)40)58-48(54)30(6)10-2/h11-14,19-20,27-32,35-42,45-46,49-50H,9-10,15-18,21-26H2,1-8H3/t27-,28-,29-,30-,31-,32-,35+,36+,37?,38+,39-,40-,41-,42-,45-,46-/m0/s1. The van der Waals surface area contributed by atoms with Crippen molar-refractivity contribution in [1.82, 2.24) is 0 Å². The van der Waals surface area contributed by atoms with Gasteiger partial charge in [0.05, 0.1) is 36.9 Å². The Labute approximate surface area is 347 Å². The Bertz CT molecular complexity index is 1560. The summed E-state index contributed by atoms with van der Waals surface area (Å²) < 4.78 is 23.8. The van der Waals surface area contributed by atoms with Gasteiger partial charge in [-0.25, -0.2) is 0 Å². The lowest BCUT2D eigenvalue weighted by Crippen LogP contribution is -2.42. The Balaban J connectivity index is 1.10. The van der Waals surface area contributed by atoms with Crippen LogP contribution in [0.1, 0.15) is 132 Å². The third-order valence-corrected chi connectivity index (χ3v) is 13.9. The number of ether oxygens (including phenoxy) is 4. The normalized spacial score (nSPS) is 35.2. The maximum absolute atomic E-state index is 13.0. The summed E-state index contributed by atoms with van der Waals surface area (Å²) >= 11 is 0. The molecule has 16 atom stereocenters. The van der Waals surface area contributed by atoms with Crippen LogP contribution in [0.2, 0.25) is 0 Å². The van der Waals surface area contributed by atoms with Crippen LogP contribution in [-0.2, 0) is 38.1 Å². The van der Waals surface area contributed by atoms with E-state index in [1.54, 1.807) is 0 Å². The van der Waals surface area contributed by atoms with E-state index >= 15 is 0 Å². The molecule has 1 heterocycles. The van der Waals surface area contributed by atoms with Crippen LogP contribution in [0, 0.1) is 59.2 Å². The second-order valence-corrected chi connectivity index (χ2v) is 18.7. The highest BCUT2D eigenvalue weighted by molar-refractivity contribution is 5.74. The third kappa shape index (κ3) is 11.9. The quantitative estimate of drug-likeness (QED) is 0.109. The van der Waals surface area contributed by atoms with E-state index in [9.17, 15) is 29.4 Å². The van der Waals surface area contributed by atoms with Gasteiger partial charge in [0.1, 0.15) is 24.4 Å². The SMILES string of the molecule is CC[C@H](C)C(=O)O[C@H]1C[C@@H](C)C=C2C=C[C@H](C)[C@H](CCC3C[C@@H](OC(=O)C[C@H](O)C[C@H](O)CC[C@@H]4[C@@H]5C(=C[C@H](C)C[C@@H]5OC(=O)[C@@H](C)CC)C=C[C@@H]4C)CC(=O)O3)[C@H]21. The Morgan fingerprint density at radius 1 is 0.741 bits per heavy atom. The second kappa shape index (κ2) is 20.8. The molecule has 2 N–H and O–H groups in total. The molecule has 0 aromatic rings. The van der Waals surface area contributed by atoms with Crippen molar-refractivity contribution >= 4 is 23.9 Å². The van der Waals surface area contributed by atoms with E-state index in [2.05, 4.69) is 64.2 Å². The van der Waals surface area contributed by atoms with Gasteiger partial charge in [-0.3, -0.25) is 19.2 Å². The van der Waals surface area contributed by atoms with E-state index in [1.165, 1.54) is 11.1 Å². The van der Waals surface area contributed by atoms with Gasteiger partial charge in [-0.15, -0.1) is 0 Å². The van der Waals surface area contributed by atoms with E-state index < -0.39 is 36.4 Å². The van der Waals surface area contributed by atoms with Crippen molar-refractivity contribution in [3.05, 3.63) is 47.6 Å². The topological polar surface area (TPSA) is 146 Å². The number of rotatable bonds is 17. The summed E-state index contributed by atoms with van der Waals surface area (Å²) in [6.07, 6.45) is 15.4. The number of aliphatic hydroxyl groups excluding tert-OH is 2. The second-order valence-electron chi connectivity index (χ2n) is 18.7. The average molecular weight is 809 g/mol. The number of aliphatic hydroxyl groups is 2. The zero-order chi connectivity index (χ0) is 42.3. The minimum absolute atomic E-state index is 0.0241. The van der Waals surface area contributed by atoms with Crippen molar-refractivity contribution in [1.29, 1.82) is 0 Å². The van der Waals surface area contributed by atoms with Gasteiger partial charge in [-0.1, -0.05) is 91.8 Å². The van der Waals surface area contributed by atoms with Gasteiger partial charge in [-0.05, 0) is 104 Å². The maximum atomic E-state index is 13.0. The lowest BCUT2D eigenvalue weighted by molar-refractivity contribution is -0.171. The number of hydrogen-bond acceptors (Lipinski definition) is 10. The molecule has 10 nitrogen and oxygen atoms in total. The Kier molecular flexibility index (Phi) is 16.5. The van der Waals surface area contributed by atoms with Crippen molar-refractivity contribution in [3.8, 4) is 0 Å². The zero-order valence-corrected chi connectivity index (χ0v) is 36.3. The van der Waals surface area contributed by atoms with E-state index in [-0.39, 0.29) is 90.8 Å². The van der Waals surface area contributed by atoms with Gasteiger partial charge in [0.2, 0.25) is 0 Å². The van der Waals surface area contributed by atoms with Crippen molar-refractivity contribution in [2.45, 2.75) is 169 Å². The molecule has 0 aromatic carbocycles. The lowest BCUT2D eigenvalue weighted by atomic mass is 9.65. The molecule has 0 aromatic heterocycles. The fourth-order valence-electron chi connectivity index (χ4n) is 10.1. The molecule has 0 radical (unpaired) electrons. The highest BCUT2D eigenvalue weighted by atomic mass is 16.6. The summed E-state index contributed by atoms with van der Waals surface area (Å²) in [6.45, 7) is 16.4. The number of carbonyl (C=O) groups excluding carboxylic acids is 4. The first-order chi connectivity index (χ1) is 27.6. The van der Waals surface area contributed by atoms with Gasteiger partial charge < -0.3 is 29.2 Å². The van der Waals surface area contributed by atoms with E-state index in [1.807, 2.05) is 27.7 Å². The molecule has 4 aliphatic carbocycles. The highest BCUT2D eigenvalue weighted by Crippen LogP contribution is 2.47. The van der Waals surface area contributed by atoms with Crippen LogP contribution in [0.5, 0.6) is 0 Å². The molecule has 0 spiro atoms. The van der Waals surface area contributed by atoms with Gasteiger partial charge in [0.15, 0.2) is 0 Å². The Morgan fingerprint density at radius 2 is 1.26 bits per heavy atom. The molecule has 5 aliphatic rings. The first-order valence-corrected chi connectivity index (χ1v) is 22.5. The van der Waals surface area contributed by atoms with Gasteiger partial charge >= 0.3 is 23.9 Å². The maximum Gasteiger partial charge on any atom is 0.309 e. The number of allylic oxidation sites excluding steroid dienone is 6. The van der Waals surface area contributed by atoms with Gasteiger partial charge in [0, 0.05) is 18.3 Å². The first kappa shape index (κ1) is 45.8. The molecular weight excluding hydrogens is 737 g/mol. The lowest BCUT2D eigenvalue weighted by Gasteiger charge is -2.43. The molecule has 1 unspecified atom stereocenters. The third-order valence-electron chi connectivity index (χ3n) is 13.9. The molecule has 1 fully saturated rings. The zero-order valence-electron chi connectivity index (χ0n) is 36.3. The minimum Gasteiger partial charge on any atom is -0.462 e. The summed E-state index contributed by atoms with van der Waals surface area (Å²) in [5, 5.41) is 21.9. The van der Waals surface area contributed by atoms with E-state index in [0.29, 0.717) is 37.5 Å². The van der Waals surface area contributed by atoms with Crippen LogP contribution < -0.4 is 0 Å². The monoisotopic (exact) mass is 809 g/mol. The summed E-state index contributed by atoms with van der Waals surface area (Å²) in [6, 6.07) is 0. The molecule has 0 bridgehead atoms. The van der Waals surface area contributed by atoms with Crippen LogP contribution in [0.25, 0.3) is 0 Å². The van der Waals surface area contributed by atoms with Crippen LogP contribution >= 0.6 is 0 Å². The highest BCUT2D eigenvalue weighted by Gasteiger charge is 2.44. The van der Waals surface area contributed by atoms with Crippen molar-refractivity contribution in [2.24, 2.45) is 59.2 Å². The number of hydrogen-bond donors (Lipinski definition) is 2. The largest absolute Gasteiger partial charge is 0.462 e. The minimum atomic E-state index is -1.10. The number of carbonyl (C=O) groups is 4. The Hall–Kier alpha value is -3.24. The van der Waals surface area contributed by atoms with Crippen molar-refractivity contribution < 1.29 is 48.3 Å². The average Bonchev–Trinajstić information content (AvgIpc) is 3.16. The van der Waals surface area contributed by atoms with Crippen molar-refractivity contribution in [2.75, 3.05) is 0 Å². The Morgan fingerprint density at radius 3 is 1.78 bits per heavy atom. The predicted molar refractivity (Wildman–Crippen MR) is 222 cm³/mol. The molecule has 5 rings (SSSR count). The molecule has 58 heavy (non-hydrogen) atoms. The van der Waals surface area contributed by atoms with Crippen molar-refractivity contribution in [3.63, 3.8) is 0 Å². The van der Waals surface area contributed by atoms with Crippen LogP contribution in [0.15, 0.2) is 47.6 Å². The number of cyclic esters (lactones) is 1. The number of fused-ring (bicyclic) bond motifs is 2. The van der Waals surface area contributed by atoms with Crippen LogP contribution in [0.3, 0.4) is 0 Å². The fraction of sp³-hybridized carbons (Fsp3) is 0.750. The molecule has 1 aliphatic heterocycles. The summed E-state index contributed by atoms with van der Waals surface area (Å²) in [5.74, 6) is -0.125. The summed E-state index contributed by atoms with van der Waals surface area (Å²) in [4.78, 5) is 51.5. The van der Waals surface area contributed by atoms with E-state index in [4.69, 9.17) is 18.9 Å². The predicted octanol–water partition coefficient (Wildman–Crippen LogP) is 8.39. The molecule has 10 heteroatoms. The molecule has 0 amide bonds. The molecule has 1 saturated heterocycles. The van der Waals surface area contributed by atoms with Gasteiger partial charge in [-0.2, -0.15) is 0 Å². The van der Waals surface area contributed by atoms with Gasteiger partial charge in [0.25, 0.3) is 0 Å². The first-order valence-electron chi connectivity index (χ1n) is 22.5. The summed E-state index contributed by atoms with van der Waals surface area (Å²) in [7, 11) is 0. The molecule has 0 saturated carbocycles. The van der Waals surface area contributed by atoms with Crippen LogP contribution in [0.4, 0.5) is 0 Å². The molecular formula is C48H72O10. The fourth-order valence-corrected chi connectivity index (χ4v) is 10.1. The smallest absolute Gasteiger partial charge is 0.309 e. The summed E-state index contributed by atoms with van der Waals surface area (Å²) in [5.41, 5.74) is 2.40. The van der Waals surface area contributed by atoms with E-state index in [0.717, 1.165) is 32.1 Å². The van der Waals surface area contributed by atoms with Crippen LogP contribution in [-0.4, -0.2) is 70.7 Å². The molecule has 324 valence electrons. The number of esters is 4.